The first-order valence-corrected chi connectivity index (χ1v) is 9.02. The number of hydrogen-bond acceptors (Lipinski definition) is 4. The Morgan fingerprint density at radius 1 is 1.08 bits per heavy atom. The second kappa shape index (κ2) is 10.2. The zero-order valence-electron chi connectivity index (χ0n) is 14.6. The third-order valence-corrected chi connectivity index (χ3v) is 4.58. The van der Waals surface area contributed by atoms with E-state index in [1.54, 1.807) is 0 Å². The summed E-state index contributed by atoms with van der Waals surface area (Å²) >= 11 is 0. The molecule has 0 amide bonds. The van der Waals surface area contributed by atoms with Gasteiger partial charge < -0.3 is 20.1 Å². The van der Waals surface area contributed by atoms with E-state index in [2.05, 4.69) is 42.2 Å². The first kappa shape index (κ1) is 19.4. The summed E-state index contributed by atoms with van der Waals surface area (Å²) in [5.74, 6) is 2.96. The van der Waals surface area contributed by atoms with Crippen molar-refractivity contribution in [2.24, 2.45) is 4.99 Å². The van der Waals surface area contributed by atoms with Gasteiger partial charge in [0.05, 0.1) is 0 Å². The minimum Gasteiger partial charge on any atom is -0.357 e. The number of aryl methyl sites for hydroxylation is 1. The normalized spacial score (nSPS) is 18.1. The Kier molecular flexibility index (Phi) is 8.23. The maximum atomic E-state index is 4.67. The maximum Gasteiger partial charge on any atom is 0.191 e. The highest BCUT2D eigenvalue weighted by Gasteiger charge is 2.16. The van der Waals surface area contributed by atoms with Crippen LogP contribution in [0.4, 0.5) is 0 Å². The van der Waals surface area contributed by atoms with Crippen LogP contribution >= 0.6 is 24.0 Å². The van der Waals surface area contributed by atoms with Crippen molar-refractivity contribution < 1.29 is 0 Å². The molecule has 2 aliphatic heterocycles. The topological polar surface area (TPSA) is 70.4 Å². The lowest BCUT2D eigenvalue weighted by atomic mass is 10.1. The van der Waals surface area contributed by atoms with E-state index in [1.807, 2.05) is 0 Å². The lowest BCUT2D eigenvalue weighted by Gasteiger charge is -2.26. The van der Waals surface area contributed by atoms with Gasteiger partial charge in [-0.3, -0.25) is 0 Å². The van der Waals surface area contributed by atoms with E-state index in [9.17, 15) is 0 Å². The van der Waals surface area contributed by atoms with Crippen LogP contribution in [0.15, 0.2) is 4.99 Å². The second-order valence-corrected chi connectivity index (χ2v) is 6.31. The maximum absolute atomic E-state index is 4.67. The highest BCUT2D eigenvalue weighted by molar-refractivity contribution is 14.0. The molecule has 3 rings (SSSR count). The molecule has 0 atom stereocenters. The summed E-state index contributed by atoms with van der Waals surface area (Å²) in [5.41, 5.74) is 0. The molecule has 0 spiro atoms. The van der Waals surface area contributed by atoms with Gasteiger partial charge in [0.1, 0.15) is 12.4 Å². The molecule has 7 nitrogen and oxygen atoms in total. The van der Waals surface area contributed by atoms with E-state index < -0.39 is 0 Å². The van der Waals surface area contributed by atoms with Crippen LogP contribution in [0.3, 0.4) is 0 Å². The van der Waals surface area contributed by atoms with Crippen molar-refractivity contribution in [3.8, 4) is 0 Å². The van der Waals surface area contributed by atoms with Crippen LogP contribution in [0.2, 0.25) is 0 Å². The molecule has 2 N–H and O–H groups in total. The molecule has 1 fully saturated rings. The molecule has 0 saturated carbocycles. The predicted octanol–water partition coefficient (Wildman–Crippen LogP) is 1.38. The first-order valence-electron chi connectivity index (χ1n) is 9.02. The SMILES string of the molecule is CCNC(=NCc1nnc2n1CCC2)NCCN1CCCCC1.I. The average Bonchev–Trinajstić information content (AvgIpc) is 3.17. The molecule has 1 saturated heterocycles. The molecule has 0 bridgehead atoms. The lowest BCUT2D eigenvalue weighted by Crippen LogP contribution is -2.42. The van der Waals surface area contributed by atoms with E-state index in [0.29, 0.717) is 6.54 Å². The van der Waals surface area contributed by atoms with Crippen LogP contribution in [0.5, 0.6) is 0 Å². The van der Waals surface area contributed by atoms with Crippen LogP contribution in [-0.2, 0) is 19.5 Å². The van der Waals surface area contributed by atoms with Crippen molar-refractivity contribution in [3.63, 3.8) is 0 Å². The molecule has 1 aromatic heterocycles. The van der Waals surface area contributed by atoms with E-state index in [0.717, 1.165) is 50.2 Å². The third kappa shape index (κ3) is 5.30. The van der Waals surface area contributed by atoms with Gasteiger partial charge in [-0.25, -0.2) is 4.99 Å². The van der Waals surface area contributed by atoms with Crippen molar-refractivity contribution in [1.82, 2.24) is 30.3 Å². The molecule has 0 unspecified atom stereocenters. The van der Waals surface area contributed by atoms with Gasteiger partial charge in [0.25, 0.3) is 0 Å². The molecule has 136 valence electrons. The monoisotopic (exact) mass is 447 g/mol. The van der Waals surface area contributed by atoms with E-state index >= 15 is 0 Å². The third-order valence-electron chi connectivity index (χ3n) is 4.58. The van der Waals surface area contributed by atoms with Crippen molar-refractivity contribution in [2.75, 3.05) is 32.7 Å². The molecular weight excluding hydrogens is 417 g/mol. The molecule has 24 heavy (non-hydrogen) atoms. The van der Waals surface area contributed by atoms with Gasteiger partial charge in [-0.15, -0.1) is 34.2 Å². The first-order chi connectivity index (χ1) is 11.4. The Hall–Kier alpha value is -0.900. The summed E-state index contributed by atoms with van der Waals surface area (Å²) < 4.78 is 2.21. The smallest absolute Gasteiger partial charge is 0.191 e. The van der Waals surface area contributed by atoms with Gasteiger partial charge >= 0.3 is 0 Å². The van der Waals surface area contributed by atoms with Crippen molar-refractivity contribution in [2.45, 2.75) is 52.1 Å². The summed E-state index contributed by atoms with van der Waals surface area (Å²) in [6.07, 6.45) is 6.29. The van der Waals surface area contributed by atoms with Crippen LogP contribution in [0.1, 0.15) is 44.3 Å². The van der Waals surface area contributed by atoms with Gasteiger partial charge in [0.2, 0.25) is 0 Å². The Bertz CT molecular complexity index is 522. The number of fused-ring (bicyclic) bond motifs is 1. The van der Waals surface area contributed by atoms with Crippen LogP contribution in [0.25, 0.3) is 0 Å². The largest absolute Gasteiger partial charge is 0.357 e. The van der Waals surface area contributed by atoms with Gasteiger partial charge in [-0.05, 0) is 39.3 Å². The minimum atomic E-state index is 0. The number of aromatic nitrogens is 3. The van der Waals surface area contributed by atoms with Crippen LogP contribution in [0, 0.1) is 0 Å². The molecule has 8 heteroatoms. The van der Waals surface area contributed by atoms with E-state index in [4.69, 9.17) is 0 Å². The number of aliphatic imine (C=N–C) groups is 1. The summed E-state index contributed by atoms with van der Waals surface area (Å²) in [7, 11) is 0. The highest BCUT2D eigenvalue weighted by atomic mass is 127. The lowest BCUT2D eigenvalue weighted by molar-refractivity contribution is 0.232. The Balaban J connectivity index is 0.00000208. The highest BCUT2D eigenvalue weighted by Crippen LogP contribution is 2.14. The number of halogens is 1. The predicted molar refractivity (Wildman–Crippen MR) is 107 cm³/mol. The second-order valence-electron chi connectivity index (χ2n) is 6.31. The minimum absolute atomic E-state index is 0. The summed E-state index contributed by atoms with van der Waals surface area (Å²) in [4.78, 5) is 7.20. The number of nitrogens with one attached hydrogen (secondary N) is 2. The van der Waals surface area contributed by atoms with Gasteiger partial charge in [-0.1, -0.05) is 6.42 Å². The van der Waals surface area contributed by atoms with Crippen molar-refractivity contribution >= 4 is 29.9 Å². The van der Waals surface area contributed by atoms with Crippen molar-refractivity contribution in [1.29, 1.82) is 0 Å². The molecule has 0 aromatic carbocycles. The molecule has 0 aliphatic carbocycles. The standard InChI is InChI=1S/C16H29N7.HI/c1-2-17-16(18-8-12-22-9-4-3-5-10-22)19-13-15-21-20-14-7-6-11-23(14)15;/h2-13H2,1H3,(H2,17,18,19);1H. The fourth-order valence-corrected chi connectivity index (χ4v) is 3.33. The molecule has 2 aliphatic rings. The van der Waals surface area contributed by atoms with Gasteiger partial charge in [0, 0.05) is 32.6 Å². The Morgan fingerprint density at radius 3 is 2.71 bits per heavy atom. The number of nitrogens with zero attached hydrogens (tertiary/aromatic N) is 5. The van der Waals surface area contributed by atoms with E-state index in [-0.39, 0.29) is 24.0 Å². The molecular formula is C16H30IN7. The van der Waals surface area contributed by atoms with Crippen LogP contribution < -0.4 is 10.6 Å². The number of rotatable bonds is 6. The molecule has 3 heterocycles. The van der Waals surface area contributed by atoms with Gasteiger partial charge in [-0.2, -0.15) is 0 Å². The summed E-state index contributed by atoms with van der Waals surface area (Å²) in [5, 5.41) is 15.3. The Labute approximate surface area is 161 Å². The molecule has 1 aromatic rings. The zero-order chi connectivity index (χ0) is 15.9. The van der Waals surface area contributed by atoms with E-state index in [1.165, 1.54) is 38.8 Å². The summed E-state index contributed by atoms with van der Waals surface area (Å²) in [6, 6.07) is 0. The zero-order valence-corrected chi connectivity index (χ0v) is 17.0. The fourth-order valence-electron chi connectivity index (χ4n) is 3.33. The quantitative estimate of drug-likeness (QED) is 0.392. The number of likely N-dealkylation sites (tertiary alicyclic amines) is 1. The number of guanidine groups is 1. The number of hydrogen-bond donors (Lipinski definition) is 2. The summed E-state index contributed by atoms with van der Waals surface area (Å²) in [6.45, 7) is 9.08. The van der Waals surface area contributed by atoms with Gasteiger partial charge in [0.15, 0.2) is 11.8 Å². The Morgan fingerprint density at radius 2 is 1.92 bits per heavy atom. The average molecular weight is 447 g/mol. The molecule has 0 radical (unpaired) electrons. The number of piperidine rings is 1. The van der Waals surface area contributed by atoms with Crippen molar-refractivity contribution in [3.05, 3.63) is 11.6 Å². The fraction of sp³-hybridized carbons (Fsp3) is 0.812. The van der Waals surface area contributed by atoms with Crippen LogP contribution in [-0.4, -0.2) is 58.3 Å².